The van der Waals surface area contributed by atoms with Crippen LogP contribution in [0.5, 0.6) is 0 Å². The Morgan fingerprint density at radius 1 is 0.576 bits per heavy atom. The van der Waals surface area contributed by atoms with Crippen molar-refractivity contribution in [2.75, 3.05) is 26.4 Å². The molecule has 0 aromatic heterocycles. The van der Waals surface area contributed by atoms with Gasteiger partial charge in [0.25, 0.3) is 0 Å². The average Bonchev–Trinajstić information content (AvgIpc) is 3.20. The first kappa shape index (κ1) is 56.1. The van der Waals surface area contributed by atoms with Crippen LogP contribution in [0.1, 0.15) is 226 Å². The minimum atomic E-state index is -5.06. The fourth-order valence-electron chi connectivity index (χ4n) is 7.79. The third kappa shape index (κ3) is 32.4. The van der Waals surface area contributed by atoms with E-state index < -0.39 is 59.8 Å². The Morgan fingerprint density at radius 2 is 0.966 bits per heavy atom. The highest BCUT2D eigenvalue weighted by molar-refractivity contribution is 7.80. The highest BCUT2D eigenvalue weighted by Gasteiger charge is 2.48. The van der Waals surface area contributed by atoms with E-state index in [9.17, 15) is 28.5 Å². The van der Waals surface area contributed by atoms with Gasteiger partial charge in [0.15, 0.2) is 6.29 Å². The van der Waals surface area contributed by atoms with Crippen LogP contribution < -0.4 is 0 Å². The van der Waals surface area contributed by atoms with E-state index in [-0.39, 0.29) is 19.6 Å². The number of carbonyl (C=O) groups excluding carboxylic acids is 1. The van der Waals surface area contributed by atoms with Crippen molar-refractivity contribution in [3.63, 3.8) is 0 Å². The first-order valence-electron chi connectivity index (χ1n) is 24.3. The Morgan fingerprint density at radius 3 is 1.36 bits per heavy atom. The van der Waals surface area contributed by atoms with E-state index in [2.05, 4.69) is 18.0 Å². The monoisotopic (exact) mass is 867 g/mol. The van der Waals surface area contributed by atoms with Gasteiger partial charge in [-0.15, -0.1) is 0 Å². The fourth-order valence-corrected chi connectivity index (χ4v) is 8.30. The second kappa shape index (κ2) is 38.7. The molecule has 1 aliphatic heterocycles. The predicted molar refractivity (Wildman–Crippen MR) is 235 cm³/mol. The Kier molecular flexibility index (Phi) is 36.9. The van der Waals surface area contributed by atoms with Crippen LogP contribution in [0.25, 0.3) is 0 Å². The molecule has 0 aromatic rings. The van der Waals surface area contributed by atoms with Gasteiger partial charge in [-0.2, -0.15) is 8.42 Å². The lowest BCUT2D eigenvalue weighted by Crippen LogP contribution is -2.60. The molecule has 0 spiro atoms. The van der Waals surface area contributed by atoms with E-state index in [1.165, 1.54) is 161 Å². The fraction of sp³-hybridized carbons (Fsp3) is 0.978. The summed E-state index contributed by atoms with van der Waals surface area (Å²) in [4.78, 5) is 12.9. The predicted octanol–water partition coefficient (Wildman–Crippen LogP) is 10.5. The molecule has 1 aliphatic rings. The number of aliphatic hydroxyl groups is 3. The summed E-state index contributed by atoms with van der Waals surface area (Å²) in [6.45, 7) is 4.04. The minimum Gasteiger partial charge on any atom is -0.457 e. The van der Waals surface area contributed by atoms with E-state index in [1.807, 2.05) is 0 Å². The van der Waals surface area contributed by atoms with Crippen LogP contribution >= 0.6 is 0 Å². The molecule has 12 nitrogen and oxygen atoms in total. The number of rotatable bonds is 43. The first-order chi connectivity index (χ1) is 28.6. The number of carbonyl (C=O) groups is 1. The largest absolute Gasteiger partial charge is 0.457 e. The van der Waals surface area contributed by atoms with Crippen molar-refractivity contribution in [3.8, 4) is 0 Å². The molecule has 0 aliphatic carbocycles. The smallest absolute Gasteiger partial charge is 0.397 e. The van der Waals surface area contributed by atoms with Crippen molar-refractivity contribution >= 4 is 16.4 Å². The Bertz CT molecular complexity index is 1050. The highest BCUT2D eigenvalue weighted by atomic mass is 32.3. The molecular weight excluding hydrogens is 777 g/mol. The van der Waals surface area contributed by atoms with Crippen LogP contribution in [0.3, 0.4) is 0 Å². The number of unbranched alkanes of at least 4 members (excludes halogenated alkanes) is 30. The van der Waals surface area contributed by atoms with Crippen LogP contribution in [-0.4, -0.2) is 97.5 Å². The second-order valence-corrected chi connectivity index (χ2v) is 18.1. The number of ether oxygens (including phenoxy) is 4. The zero-order valence-corrected chi connectivity index (χ0v) is 38.4. The highest BCUT2D eigenvalue weighted by Crippen LogP contribution is 2.26. The molecule has 352 valence electrons. The van der Waals surface area contributed by atoms with Gasteiger partial charge in [0.2, 0.25) is 0 Å². The van der Waals surface area contributed by atoms with E-state index in [4.69, 9.17) is 23.5 Å². The van der Waals surface area contributed by atoms with Gasteiger partial charge in [-0.05, 0) is 12.8 Å². The Balaban J connectivity index is 2.38. The van der Waals surface area contributed by atoms with Crippen LogP contribution in [0.2, 0.25) is 0 Å². The molecule has 1 heterocycles. The molecule has 59 heavy (non-hydrogen) atoms. The molecule has 0 bridgehead atoms. The molecule has 0 amide bonds. The van der Waals surface area contributed by atoms with Crippen molar-refractivity contribution in [3.05, 3.63) is 0 Å². The normalized spacial score (nSPS) is 20.3. The maximum atomic E-state index is 12.9. The summed E-state index contributed by atoms with van der Waals surface area (Å²) in [5, 5.41) is 30.7. The summed E-state index contributed by atoms with van der Waals surface area (Å²) in [5.74, 6) is -0.392. The summed E-state index contributed by atoms with van der Waals surface area (Å²) in [5.41, 5.74) is 0. The SMILES string of the molecule is CCCCCCCCCCCCCCCCCCCC(=O)OC(COCCCCCCCCCCCCCCCCC)COC1OC(CO)C(O)C(OS(=O)(=O)O)C1O. The number of hydrogen-bond donors (Lipinski definition) is 4. The number of hydrogen-bond acceptors (Lipinski definition) is 11. The van der Waals surface area contributed by atoms with Gasteiger partial charge in [0.05, 0.1) is 19.8 Å². The van der Waals surface area contributed by atoms with E-state index in [1.54, 1.807) is 0 Å². The molecule has 0 aromatic carbocycles. The van der Waals surface area contributed by atoms with Gasteiger partial charge in [0, 0.05) is 13.0 Å². The topological polar surface area (TPSA) is 178 Å². The van der Waals surface area contributed by atoms with Crippen LogP contribution in [-0.2, 0) is 38.3 Å². The van der Waals surface area contributed by atoms with Crippen molar-refractivity contribution < 1.29 is 56.2 Å². The molecule has 0 radical (unpaired) electrons. The van der Waals surface area contributed by atoms with Gasteiger partial charge < -0.3 is 34.3 Å². The maximum Gasteiger partial charge on any atom is 0.397 e. The quantitative estimate of drug-likeness (QED) is 0.0259. The molecule has 1 saturated heterocycles. The Hall–Kier alpha value is -0.900. The summed E-state index contributed by atoms with van der Waals surface area (Å²) >= 11 is 0. The van der Waals surface area contributed by atoms with Crippen LogP contribution in [0, 0.1) is 0 Å². The van der Waals surface area contributed by atoms with Crippen molar-refractivity contribution in [1.82, 2.24) is 0 Å². The maximum absolute atomic E-state index is 12.9. The van der Waals surface area contributed by atoms with E-state index in [0.717, 1.165) is 38.5 Å². The van der Waals surface area contributed by atoms with E-state index in [0.29, 0.717) is 13.0 Å². The van der Waals surface area contributed by atoms with Gasteiger partial charge in [-0.25, -0.2) is 4.18 Å². The molecular formula is C46H90O12S. The summed E-state index contributed by atoms with van der Waals surface area (Å²) in [6, 6.07) is 0. The summed E-state index contributed by atoms with van der Waals surface area (Å²) in [6.07, 6.45) is 31.3. The minimum absolute atomic E-state index is 0.0448. The third-order valence-electron chi connectivity index (χ3n) is 11.5. The lowest BCUT2D eigenvalue weighted by Gasteiger charge is -2.41. The first-order valence-corrected chi connectivity index (χ1v) is 25.7. The van der Waals surface area contributed by atoms with Gasteiger partial charge >= 0.3 is 16.4 Å². The van der Waals surface area contributed by atoms with Crippen molar-refractivity contribution in [1.29, 1.82) is 0 Å². The average molecular weight is 867 g/mol. The molecule has 0 saturated carbocycles. The number of esters is 1. The van der Waals surface area contributed by atoms with Gasteiger partial charge in [0.1, 0.15) is 30.5 Å². The molecule has 4 N–H and O–H groups in total. The zero-order chi connectivity index (χ0) is 43.2. The zero-order valence-electron chi connectivity index (χ0n) is 37.6. The van der Waals surface area contributed by atoms with Gasteiger partial charge in [-0.3, -0.25) is 9.35 Å². The third-order valence-corrected chi connectivity index (χ3v) is 11.9. The summed E-state index contributed by atoms with van der Waals surface area (Å²) < 4.78 is 59.1. The van der Waals surface area contributed by atoms with Crippen molar-refractivity contribution in [2.24, 2.45) is 0 Å². The van der Waals surface area contributed by atoms with E-state index >= 15 is 0 Å². The number of aliphatic hydroxyl groups excluding tert-OH is 3. The second-order valence-electron chi connectivity index (χ2n) is 17.1. The Labute approximate surface area is 360 Å². The van der Waals surface area contributed by atoms with Gasteiger partial charge in [-0.1, -0.05) is 206 Å². The standard InChI is InChI=1S/C46H90O12S/c1-3-5-7-9-11-13-15-17-19-20-21-23-25-27-29-31-33-35-42(48)56-40(39-55-46-44(50)45(58-59(51,52)53)43(49)41(37-47)57-46)38-54-36-34-32-30-28-26-24-22-18-16-14-12-10-8-6-4-2/h40-41,43-47,49-50H,3-39H2,1-2H3,(H,51,52,53). The van der Waals surface area contributed by atoms with Crippen molar-refractivity contribution in [2.45, 2.75) is 263 Å². The molecule has 1 rings (SSSR count). The lowest BCUT2D eigenvalue weighted by atomic mass is 9.99. The van der Waals surface area contributed by atoms with Crippen LogP contribution in [0.4, 0.5) is 0 Å². The van der Waals surface area contributed by atoms with Crippen LogP contribution in [0.15, 0.2) is 0 Å². The molecule has 6 atom stereocenters. The molecule has 1 fully saturated rings. The molecule has 13 heteroatoms. The molecule has 6 unspecified atom stereocenters. The lowest BCUT2D eigenvalue weighted by molar-refractivity contribution is -0.301. The summed E-state index contributed by atoms with van der Waals surface area (Å²) in [7, 11) is -5.06.